The molecule has 0 aliphatic heterocycles. The van der Waals surface area contributed by atoms with Crippen LogP contribution in [0, 0.1) is 29.6 Å². The van der Waals surface area contributed by atoms with Crippen LogP contribution in [0.3, 0.4) is 0 Å². The fraction of sp³-hybridized carbons (Fsp3) is 0.882. The Bertz CT molecular complexity index is 289. The fourth-order valence-electron chi connectivity index (χ4n) is 3.00. The molecule has 0 aromatic heterocycles. The summed E-state index contributed by atoms with van der Waals surface area (Å²) in [6, 6.07) is 0. The van der Waals surface area contributed by atoms with E-state index in [9.17, 15) is 0 Å². The van der Waals surface area contributed by atoms with Crippen LogP contribution in [-0.4, -0.2) is 12.1 Å². The van der Waals surface area contributed by atoms with Gasteiger partial charge in [0.15, 0.2) is 0 Å². The van der Waals surface area contributed by atoms with E-state index in [-0.39, 0.29) is 5.54 Å². The van der Waals surface area contributed by atoms with Gasteiger partial charge in [-0.2, -0.15) is 0 Å². The maximum Gasteiger partial charge on any atom is 0.00966 e. The average Bonchev–Trinajstić information content (AvgIpc) is 2.27. The standard InChI is InChI=1S/C17H31N/c1-6-7-8-9-15-12-14(2)10-11-16(15)13-18-17(3,4)5/h14-16,18H,8-13H2,1-5H3. The second-order valence-electron chi connectivity index (χ2n) is 7.03. The molecule has 1 N–H and O–H groups in total. The van der Waals surface area contributed by atoms with Gasteiger partial charge in [0, 0.05) is 12.0 Å². The molecule has 0 amide bonds. The van der Waals surface area contributed by atoms with Crippen molar-refractivity contribution in [3.63, 3.8) is 0 Å². The van der Waals surface area contributed by atoms with Gasteiger partial charge in [-0.3, -0.25) is 0 Å². The highest BCUT2D eigenvalue weighted by molar-refractivity contribution is 4.96. The molecule has 1 fully saturated rings. The molecule has 1 aliphatic carbocycles. The van der Waals surface area contributed by atoms with Gasteiger partial charge in [0.1, 0.15) is 0 Å². The molecule has 3 unspecified atom stereocenters. The van der Waals surface area contributed by atoms with Crippen molar-refractivity contribution >= 4 is 0 Å². The number of nitrogens with one attached hydrogen (secondary N) is 1. The molecule has 0 aromatic rings. The maximum atomic E-state index is 3.69. The van der Waals surface area contributed by atoms with Crippen LogP contribution in [0.1, 0.15) is 66.7 Å². The molecule has 1 nitrogen and oxygen atoms in total. The molecular formula is C17H31N. The molecule has 1 heteroatoms. The molecule has 0 heterocycles. The van der Waals surface area contributed by atoms with Crippen molar-refractivity contribution in [3.8, 4) is 11.8 Å². The van der Waals surface area contributed by atoms with Gasteiger partial charge in [0.2, 0.25) is 0 Å². The van der Waals surface area contributed by atoms with Crippen LogP contribution in [-0.2, 0) is 0 Å². The van der Waals surface area contributed by atoms with Crippen LogP contribution in [0.4, 0.5) is 0 Å². The first-order chi connectivity index (χ1) is 8.42. The highest BCUT2D eigenvalue weighted by Crippen LogP contribution is 2.36. The van der Waals surface area contributed by atoms with E-state index in [4.69, 9.17) is 0 Å². The molecule has 0 aromatic carbocycles. The van der Waals surface area contributed by atoms with E-state index in [0.717, 1.165) is 24.2 Å². The summed E-state index contributed by atoms with van der Waals surface area (Å²) >= 11 is 0. The van der Waals surface area contributed by atoms with Crippen LogP contribution in [0.25, 0.3) is 0 Å². The summed E-state index contributed by atoms with van der Waals surface area (Å²) in [4.78, 5) is 0. The predicted molar refractivity (Wildman–Crippen MR) is 80.4 cm³/mol. The molecule has 0 bridgehead atoms. The zero-order chi connectivity index (χ0) is 13.6. The van der Waals surface area contributed by atoms with E-state index in [1.807, 2.05) is 6.92 Å². The Balaban J connectivity index is 2.47. The third-order valence-electron chi connectivity index (χ3n) is 4.11. The zero-order valence-corrected chi connectivity index (χ0v) is 13.0. The van der Waals surface area contributed by atoms with E-state index in [0.29, 0.717) is 0 Å². The molecule has 1 aliphatic rings. The number of hydrogen-bond donors (Lipinski definition) is 1. The summed E-state index contributed by atoms with van der Waals surface area (Å²) in [5, 5.41) is 3.69. The van der Waals surface area contributed by atoms with Crippen molar-refractivity contribution in [2.24, 2.45) is 17.8 Å². The van der Waals surface area contributed by atoms with Crippen LogP contribution in [0.15, 0.2) is 0 Å². The van der Waals surface area contributed by atoms with Crippen LogP contribution >= 0.6 is 0 Å². The highest BCUT2D eigenvalue weighted by atomic mass is 14.9. The fourth-order valence-corrected chi connectivity index (χ4v) is 3.00. The minimum absolute atomic E-state index is 0.247. The summed E-state index contributed by atoms with van der Waals surface area (Å²) in [7, 11) is 0. The molecule has 104 valence electrons. The number of hydrogen-bond acceptors (Lipinski definition) is 1. The zero-order valence-electron chi connectivity index (χ0n) is 13.0. The lowest BCUT2D eigenvalue weighted by atomic mass is 9.72. The highest BCUT2D eigenvalue weighted by Gasteiger charge is 2.28. The van der Waals surface area contributed by atoms with Crippen molar-refractivity contribution in [2.45, 2.75) is 72.3 Å². The lowest BCUT2D eigenvalue weighted by Gasteiger charge is -2.36. The molecular weight excluding hydrogens is 218 g/mol. The average molecular weight is 249 g/mol. The minimum atomic E-state index is 0.247. The van der Waals surface area contributed by atoms with E-state index >= 15 is 0 Å². The minimum Gasteiger partial charge on any atom is -0.312 e. The molecule has 1 saturated carbocycles. The second kappa shape index (κ2) is 7.19. The first-order valence-corrected chi connectivity index (χ1v) is 7.57. The first kappa shape index (κ1) is 15.6. The summed E-state index contributed by atoms with van der Waals surface area (Å²) < 4.78 is 0. The smallest absolute Gasteiger partial charge is 0.00966 e. The topological polar surface area (TPSA) is 12.0 Å². The summed E-state index contributed by atoms with van der Waals surface area (Å²) in [5.41, 5.74) is 0.247. The summed E-state index contributed by atoms with van der Waals surface area (Å²) in [5.74, 6) is 8.91. The quantitative estimate of drug-likeness (QED) is 0.735. The van der Waals surface area contributed by atoms with Crippen LogP contribution in [0.2, 0.25) is 0 Å². The molecule has 3 atom stereocenters. The van der Waals surface area contributed by atoms with E-state index in [1.54, 1.807) is 0 Å². The SMILES string of the molecule is CC#CCCC1CC(C)CCC1CNC(C)(C)C. The molecule has 0 spiro atoms. The van der Waals surface area contributed by atoms with Crippen molar-refractivity contribution in [2.75, 3.05) is 6.54 Å². The first-order valence-electron chi connectivity index (χ1n) is 7.57. The third-order valence-corrected chi connectivity index (χ3v) is 4.11. The Hall–Kier alpha value is -0.480. The lowest BCUT2D eigenvalue weighted by Crippen LogP contribution is -2.42. The number of rotatable bonds is 4. The Morgan fingerprint density at radius 2 is 1.89 bits per heavy atom. The van der Waals surface area contributed by atoms with Crippen molar-refractivity contribution in [3.05, 3.63) is 0 Å². The Kier molecular flexibility index (Phi) is 6.22. The molecule has 18 heavy (non-hydrogen) atoms. The third kappa shape index (κ3) is 5.91. The van der Waals surface area contributed by atoms with Gasteiger partial charge < -0.3 is 5.32 Å². The van der Waals surface area contributed by atoms with Gasteiger partial charge in [0.05, 0.1) is 0 Å². The van der Waals surface area contributed by atoms with Crippen molar-refractivity contribution in [1.82, 2.24) is 5.32 Å². The van der Waals surface area contributed by atoms with E-state index in [2.05, 4.69) is 44.9 Å². The van der Waals surface area contributed by atoms with Crippen molar-refractivity contribution < 1.29 is 0 Å². The van der Waals surface area contributed by atoms with Gasteiger partial charge >= 0.3 is 0 Å². The Labute approximate surface area is 114 Å². The Morgan fingerprint density at radius 3 is 2.50 bits per heavy atom. The normalized spacial score (nSPS) is 28.6. The van der Waals surface area contributed by atoms with Gasteiger partial charge in [-0.05, 0) is 71.3 Å². The van der Waals surface area contributed by atoms with E-state index < -0.39 is 0 Å². The van der Waals surface area contributed by atoms with Gasteiger partial charge in [-0.25, -0.2) is 0 Å². The van der Waals surface area contributed by atoms with Crippen molar-refractivity contribution in [1.29, 1.82) is 0 Å². The maximum absolute atomic E-state index is 3.69. The molecule has 0 saturated heterocycles. The van der Waals surface area contributed by atoms with E-state index in [1.165, 1.54) is 32.2 Å². The monoisotopic (exact) mass is 249 g/mol. The second-order valence-corrected chi connectivity index (χ2v) is 7.03. The predicted octanol–water partition coefficient (Wildman–Crippen LogP) is 4.23. The van der Waals surface area contributed by atoms with Gasteiger partial charge in [-0.1, -0.05) is 13.3 Å². The largest absolute Gasteiger partial charge is 0.312 e. The molecule has 1 rings (SSSR count). The van der Waals surface area contributed by atoms with Gasteiger partial charge in [-0.15, -0.1) is 11.8 Å². The van der Waals surface area contributed by atoms with Gasteiger partial charge in [0.25, 0.3) is 0 Å². The Morgan fingerprint density at radius 1 is 1.17 bits per heavy atom. The summed E-state index contributed by atoms with van der Waals surface area (Å²) in [6.45, 7) is 12.3. The lowest BCUT2D eigenvalue weighted by molar-refractivity contribution is 0.167. The van der Waals surface area contributed by atoms with Crippen LogP contribution < -0.4 is 5.32 Å². The summed E-state index contributed by atoms with van der Waals surface area (Å²) in [6.07, 6.45) is 6.59. The van der Waals surface area contributed by atoms with Crippen LogP contribution in [0.5, 0.6) is 0 Å². The molecule has 0 radical (unpaired) electrons.